The van der Waals surface area contributed by atoms with Crippen LogP contribution in [0.2, 0.25) is 0 Å². The van der Waals surface area contributed by atoms with Crippen LogP contribution in [0.25, 0.3) is 0 Å². The molecule has 2 N–H and O–H groups in total. The molecule has 0 saturated carbocycles. The Morgan fingerprint density at radius 2 is 1.83 bits per heavy atom. The van der Waals surface area contributed by atoms with Gasteiger partial charge in [-0.05, 0) is 43.0 Å². The van der Waals surface area contributed by atoms with Gasteiger partial charge in [-0.15, -0.1) is 24.0 Å². The second kappa shape index (κ2) is 10.9. The van der Waals surface area contributed by atoms with Gasteiger partial charge in [0, 0.05) is 19.6 Å². The lowest BCUT2D eigenvalue weighted by molar-refractivity contribution is 0.277. The molecule has 4 nitrogen and oxygen atoms in total. The minimum atomic E-state index is 0. The van der Waals surface area contributed by atoms with Crippen molar-refractivity contribution >= 4 is 29.9 Å². The van der Waals surface area contributed by atoms with Crippen molar-refractivity contribution in [2.75, 3.05) is 26.2 Å². The Morgan fingerprint density at radius 3 is 2.46 bits per heavy atom. The highest BCUT2D eigenvalue weighted by atomic mass is 127. The summed E-state index contributed by atoms with van der Waals surface area (Å²) >= 11 is 0. The van der Waals surface area contributed by atoms with E-state index < -0.39 is 0 Å². The highest BCUT2D eigenvalue weighted by Crippen LogP contribution is 2.16. The molecule has 136 valence electrons. The van der Waals surface area contributed by atoms with E-state index in [1.807, 2.05) is 0 Å². The fourth-order valence-corrected chi connectivity index (χ4v) is 3.04. The van der Waals surface area contributed by atoms with Crippen molar-refractivity contribution < 1.29 is 0 Å². The van der Waals surface area contributed by atoms with Gasteiger partial charge >= 0.3 is 0 Å². The van der Waals surface area contributed by atoms with Crippen molar-refractivity contribution in [3.8, 4) is 0 Å². The van der Waals surface area contributed by atoms with Crippen LogP contribution in [0.3, 0.4) is 0 Å². The van der Waals surface area contributed by atoms with E-state index in [0.29, 0.717) is 12.5 Å². The molecule has 1 saturated heterocycles. The van der Waals surface area contributed by atoms with Crippen LogP contribution < -0.4 is 5.73 Å². The van der Waals surface area contributed by atoms with Crippen LogP contribution in [0.15, 0.2) is 29.3 Å². The Hall–Kier alpha value is -0.820. The molecule has 5 heteroatoms. The van der Waals surface area contributed by atoms with Crippen molar-refractivity contribution in [1.82, 2.24) is 9.80 Å². The van der Waals surface area contributed by atoms with Crippen LogP contribution in [0.1, 0.15) is 44.7 Å². The van der Waals surface area contributed by atoms with Crippen LogP contribution in [-0.4, -0.2) is 41.9 Å². The molecule has 1 aromatic carbocycles. The van der Waals surface area contributed by atoms with E-state index in [9.17, 15) is 0 Å². The summed E-state index contributed by atoms with van der Waals surface area (Å²) in [5.41, 5.74) is 8.76. The second-order valence-electron chi connectivity index (χ2n) is 6.63. The molecular weight excluding hydrogens is 411 g/mol. The molecule has 0 atom stereocenters. The van der Waals surface area contributed by atoms with Crippen LogP contribution in [0, 0.1) is 5.92 Å². The molecule has 1 fully saturated rings. The minimum Gasteiger partial charge on any atom is -0.370 e. The molecule has 0 spiro atoms. The van der Waals surface area contributed by atoms with Gasteiger partial charge in [-0.1, -0.05) is 45.0 Å². The molecule has 1 aliphatic heterocycles. The number of likely N-dealkylation sites (tertiary alicyclic amines) is 1. The maximum Gasteiger partial charge on any atom is 0.191 e. The van der Waals surface area contributed by atoms with Crippen molar-refractivity contribution in [3.05, 3.63) is 35.4 Å². The topological polar surface area (TPSA) is 44.9 Å². The zero-order valence-corrected chi connectivity index (χ0v) is 17.7. The number of guanidine groups is 1. The second-order valence-corrected chi connectivity index (χ2v) is 6.63. The molecule has 0 aliphatic carbocycles. The van der Waals surface area contributed by atoms with Crippen molar-refractivity contribution in [3.63, 3.8) is 0 Å². The highest BCUT2D eigenvalue weighted by molar-refractivity contribution is 14.0. The average Bonchev–Trinajstić information content (AvgIpc) is 2.58. The molecular formula is C19H33IN4. The number of piperidine rings is 1. The average molecular weight is 444 g/mol. The van der Waals surface area contributed by atoms with Gasteiger partial charge < -0.3 is 10.6 Å². The van der Waals surface area contributed by atoms with Crippen LogP contribution >= 0.6 is 24.0 Å². The summed E-state index contributed by atoms with van der Waals surface area (Å²) < 4.78 is 0. The number of aliphatic imine (C=N–C) groups is 1. The van der Waals surface area contributed by atoms with Crippen molar-refractivity contribution in [2.24, 2.45) is 16.6 Å². The Kier molecular flexibility index (Phi) is 9.66. The van der Waals surface area contributed by atoms with E-state index in [-0.39, 0.29) is 24.0 Å². The Balaban J connectivity index is 0.00000288. The maximum atomic E-state index is 6.17. The summed E-state index contributed by atoms with van der Waals surface area (Å²) in [7, 11) is 0. The molecule has 0 unspecified atom stereocenters. The lowest BCUT2D eigenvalue weighted by Crippen LogP contribution is -2.42. The van der Waals surface area contributed by atoms with Crippen molar-refractivity contribution in [1.29, 1.82) is 0 Å². The number of hydrogen-bond acceptors (Lipinski definition) is 2. The van der Waals surface area contributed by atoms with E-state index in [4.69, 9.17) is 5.73 Å². The Labute approximate surface area is 164 Å². The van der Waals surface area contributed by atoms with Gasteiger partial charge in [0.05, 0.1) is 6.54 Å². The van der Waals surface area contributed by atoms with Gasteiger partial charge in [0.15, 0.2) is 5.96 Å². The number of rotatable bonds is 6. The third kappa shape index (κ3) is 6.59. The van der Waals surface area contributed by atoms with E-state index in [0.717, 1.165) is 38.6 Å². The molecule has 0 bridgehead atoms. The summed E-state index contributed by atoms with van der Waals surface area (Å²) in [4.78, 5) is 9.25. The lowest BCUT2D eigenvalue weighted by atomic mass is 10.00. The third-order valence-electron chi connectivity index (χ3n) is 4.82. The fourth-order valence-electron chi connectivity index (χ4n) is 3.04. The summed E-state index contributed by atoms with van der Waals surface area (Å²) in [6.45, 7) is 12.6. The molecule has 0 radical (unpaired) electrons. The number of halogens is 1. The molecule has 0 amide bonds. The normalized spacial score (nSPS) is 16.3. The predicted molar refractivity (Wildman–Crippen MR) is 114 cm³/mol. The first kappa shape index (κ1) is 21.2. The van der Waals surface area contributed by atoms with E-state index in [1.165, 1.54) is 24.0 Å². The van der Waals surface area contributed by atoms with Gasteiger partial charge in [-0.2, -0.15) is 0 Å². The Morgan fingerprint density at radius 1 is 1.21 bits per heavy atom. The molecule has 0 aromatic heterocycles. The Bertz CT molecular complexity index is 506. The number of hydrogen-bond donors (Lipinski definition) is 1. The summed E-state index contributed by atoms with van der Waals surface area (Å²) in [5.74, 6) is 1.52. The molecule has 1 heterocycles. The van der Waals surface area contributed by atoms with Gasteiger partial charge in [-0.25, -0.2) is 4.99 Å². The molecule has 1 aromatic rings. The van der Waals surface area contributed by atoms with Crippen LogP contribution in [0.4, 0.5) is 0 Å². The van der Waals surface area contributed by atoms with Gasteiger partial charge in [0.1, 0.15) is 0 Å². The maximum absolute atomic E-state index is 6.17. The summed E-state index contributed by atoms with van der Waals surface area (Å²) in [6, 6.07) is 8.72. The third-order valence-corrected chi connectivity index (χ3v) is 4.82. The highest BCUT2D eigenvalue weighted by Gasteiger charge is 2.16. The smallest absolute Gasteiger partial charge is 0.191 e. The number of nitrogens with zero attached hydrogens (tertiary/aromatic N) is 3. The molecule has 24 heavy (non-hydrogen) atoms. The summed E-state index contributed by atoms with van der Waals surface area (Å²) in [6.07, 6.45) is 2.44. The number of benzene rings is 1. The van der Waals surface area contributed by atoms with Gasteiger partial charge in [-0.3, -0.25) is 4.90 Å². The zero-order valence-electron chi connectivity index (χ0n) is 15.4. The standard InChI is InChI=1S/C19H32N4.HI/c1-4-22(5-2)15-18-8-6-7-17(13-18)14-21-19(20)23-11-9-16(3)10-12-23;/h6-8,13,16H,4-5,9-12,14-15H2,1-3H3,(H2,20,21);1H. The van der Waals surface area contributed by atoms with E-state index in [1.54, 1.807) is 0 Å². The molecule has 2 rings (SSSR count). The minimum absolute atomic E-state index is 0. The van der Waals surface area contributed by atoms with Gasteiger partial charge in [0.2, 0.25) is 0 Å². The van der Waals surface area contributed by atoms with Gasteiger partial charge in [0.25, 0.3) is 0 Å². The first-order valence-corrected chi connectivity index (χ1v) is 8.97. The fraction of sp³-hybridized carbons (Fsp3) is 0.632. The quantitative estimate of drug-likeness (QED) is 0.414. The van der Waals surface area contributed by atoms with E-state index >= 15 is 0 Å². The SMILES string of the molecule is CCN(CC)Cc1cccc(CN=C(N)N2CCC(C)CC2)c1.I. The van der Waals surface area contributed by atoms with Crippen LogP contribution in [-0.2, 0) is 13.1 Å². The monoisotopic (exact) mass is 444 g/mol. The largest absolute Gasteiger partial charge is 0.370 e. The zero-order chi connectivity index (χ0) is 16.7. The first-order valence-electron chi connectivity index (χ1n) is 8.97. The predicted octanol–water partition coefficient (Wildman–Crippen LogP) is 3.69. The lowest BCUT2D eigenvalue weighted by Gasteiger charge is -2.31. The molecule has 1 aliphatic rings. The van der Waals surface area contributed by atoms with E-state index in [2.05, 4.69) is 59.8 Å². The van der Waals surface area contributed by atoms with Crippen LogP contribution in [0.5, 0.6) is 0 Å². The van der Waals surface area contributed by atoms with Crippen molar-refractivity contribution in [2.45, 2.75) is 46.7 Å². The first-order chi connectivity index (χ1) is 11.1. The number of nitrogens with two attached hydrogens (primary N) is 1. The summed E-state index contributed by atoms with van der Waals surface area (Å²) in [5, 5.41) is 0.